The maximum Gasteiger partial charge on any atom is 0.274 e. The fourth-order valence-electron chi connectivity index (χ4n) is 2.09. The Bertz CT molecular complexity index is 680. The molecule has 6 heteroatoms. The molecule has 2 rings (SSSR count). The smallest absolute Gasteiger partial charge is 0.274 e. The Balaban J connectivity index is 2.15. The number of amides is 1. The van der Waals surface area contributed by atoms with E-state index < -0.39 is 0 Å². The lowest BCUT2D eigenvalue weighted by atomic mass is 10.2. The molecule has 0 saturated heterocycles. The lowest BCUT2D eigenvalue weighted by Crippen LogP contribution is -2.17. The molecule has 0 aliphatic rings. The first-order valence-electron chi connectivity index (χ1n) is 7.56. The van der Waals surface area contributed by atoms with Gasteiger partial charge in [0.25, 0.3) is 5.91 Å². The standard InChI is InChI=1S/C17H23N5O/c1-11(2)18-16-10-15(19-12(3)20-16)17(23)21-13-6-8-14(9-7-13)22(4)5/h6-11H,1-5H3,(H,21,23)(H,18,19,20). The van der Waals surface area contributed by atoms with E-state index in [0.29, 0.717) is 17.3 Å². The van der Waals surface area contributed by atoms with Crippen molar-refractivity contribution in [3.8, 4) is 0 Å². The van der Waals surface area contributed by atoms with Crippen LogP contribution in [0, 0.1) is 6.92 Å². The van der Waals surface area contributed by atoms with Gasteiger partial charge in [0.1, 0.15) is 17.3 Å². The normalized spacial score (nSPS) is 10.5. The number of aromatic nitrogens is 2. The van der Waals surface area contributed by atoms with E-state index in [0.717, 1.165) is 11.4 Å². The van der Waals surface area contributed by atoms with E-state index in [9.17, 15) is 4.79 Å². The van der Waals surface area contributed by atoms with Crippen molar-refractivity contribution >= 4 is 23.1 Å². The Morgan fingerprint density at radius 2 is 1.78 bits per heavy atom. The van der Waals surface area contributed by atoms with Crippen LogP contribution in [0.3, 0.4) is 0 Å². The van der Waals surface area contributed by atoms with E-state index in [1.54, 1.807) is 13.0 Å². The maximum absolute atomic E-state index is 12.4. The van der Waals surface area contributed by atoms with Gasteiger partial charge < -0.3 is 15.5 Å². The number of nitrogens with one attached hydrogen (secondary N) is 2. The summed E-state index contributed by atoms with van der Waals surface area (Å²) < 4.78 is 0. The van der Waals surface area contributed by atoms with Crippen molar-refractivity contribution in [1.82, 2.24) is 9.97 Å². The first-order valence-corrected chi connectivity index (χ1v) is 7.56. The molecule has 0 aliphatic heterocycles. The predicted molar refractivity (Wildman–Crippen MR) is 94.2 cm³/mol. The van der Waals surface area contributed by atoms with Gasteiger partial charge in [0.15, 0.2) is 0 Å². The van der Waals surface area contributed by atoms with Gasteiger partial charge in [-0.1, -0.05) is 0 Å². The molecule has 0 unspecified atom stereocenters. The average Bonchev–Trinajstić information content (AvgIpc) is 2.46. The Labute approximate surface area is 137 Å². The second-order valence-electron chi connectivity index (χ2n) is 5.88. The molecule has 1 amide bonds. The molecule has 2 N–H and O–H groups in total. The van der Waals surface area contributed by atoms with Gasteiger partial charge in [-0.25, -0.2) is 9.97 Å². The lowest BCUT2D eigenvalue weighted by molar-refractivity contribution is 0.102. The Kier molecular flexibility index (Phi) is 5.16. The van der Waals surface area contributed by atoms with E-state index in [4.69, 9.17) is 0 Å². The van der Waals surface area contributed by atoms with Gasteiger partial charge in [-0.2, -0.15) is 0 Å². The molecular weight excluding hydrogens is 290 g/mol. The van der Waals surface area contributed by atoms with Gasteiger partial charge in [0, 0.05) is 37.6 Å². The molecule has 2 aromatic rings. The minimum Gasteiger partial charge on any atom is -0.378 e. The van der Waals surface area contributed by atoms with Crippen molar-refractivity contribution in [2.24, 2.45) is 0 Å². The SMILES string of the molecule is Cc1nc(NC(C)C)cc(C(=O)Nc2ccc(N(C)C)cc2)n1. The van der Waals surface area contributed by atoms with Crippen molar-refractivity contribution in [2.45, 2.75) is 26.8 Å². The quantitative estimate of drug-likeness (QED) is 0.888. The van der Waals surface area contributed by atoms with Crippen LogP contribution in [0.2, 0.25) is 0 Å². The Morgan fingerprint density at radius 3 is 2.35 bits per heavy atom. The number of nitrogens with zero attached hydrogens (tertiary/aromatic N) is 3. The van der Waals surface area contributed by atoms with Crippen LogP contribution in [-0.2, 0) is 0 Å². The van der Waals surface area contributed by atoms with Crippen molar-refractivity contribution in [2.75, 3.05) is 29.6 Å². The summed E-state index contributed by atoms with van der Waals surface area (Å²) in [4.78, 5) is 22.9. The number of anilines is 3. The van der Waals surface area contributed by atoms with Crippen LogP contribution >= 0.6 is 0 Å². The zero-order valence-corrected chi connectivity index (χ0v) is 14.2. The van der Waals surface area contributed by atoms with Crippen molar-refractivity contribution < 1.29 is 4.79 Å². The van der Waals surface area contributed by atoms with Crippen molar-refractivity contribution in [1.29, 1.82) is 0 Å². The van der Waals surface area contributed by atoms with Crippen molar-refractivity contribution in [3.63, 3.8) is 0 Å². The molecular formula is C17H23N5O. The van der Waals surface area contributed by atoms with Gasteiger partial charge in [0.2, 0.25) is 0 Å². The number of benzene rings is 1. The molecule has 0 saturated carbocycles. The van der Waals surface area contributed by atoms with Crippen LogP contribution in [0.1, 0.15) is 30.2 Å². The van der Waals surface area contributed by atoms with Crippen LogP contribution in [-0.4, -0.2) is 36.0 Å². The van der Waals surface area contributed by atoms with Crippen LogP contribution in [0.15, 0.2) is 30.3 Å². The minimum absolute atomic E-state index is 0.235. The van der Waals surface area contributed by atoms with Crippen LogP contribution < -0.4 is 15.5 Å². The number of carbonyl (C=O) groups excluding carboxylic acids is 1. The molecule has 0 atom stereocenters. The third-order valence-electron chi connectivity index (χ3n) is 3.15. The van der Waals surface area contributed by atoms with Crippen molar-refractivity contribution in [3.05, 3.63) is 41.9 Å². The summed E-state index contributed by atoms with van der Waals surface area (Å²) >= 11 is 0. The van der Waals surface area contributed by atoms with Crippen LogP contribution in [0.4, 0.5) is 17.2 Å². The summed E-state index contributed by atoms with van der Waals surface area (Å²) in [6.07, 6.45) is 0. The van der Waals surface area contributed by atoms with E-state index >= 15 is 0 Å². The highest BCUT2D eigenvalue weighted by Gasteiger charge is 2.11. The number of rotatable bonds is 5. The molecule has 0 bridgehead atoms. The summed E-state index contributed by atoms with van der Waals surface area (Å²) in [5.41, 5.74) is 2.15. The second kappa shape index (κ2) is 7.09. The monoisotopic (exact) mass is 313 g/mol. The van der Waals surface area contributed by atoms with E-state index in [-0.39, 0.29) is 11.9 Å². The summed E-state index contributed by atoms with van der Waals surface area (Å²) in [7, 11) is 3.95. The zero-order chi connectivity index (χ0) is 17.0. The number of carbonyl (C=O) groups is 1. The average molecular weight is 313 g/mol. The Hall–Kier alpha value is -2.63. The number of hydrogen-bond donors (Lipinski definition) is 2. The second-order valence-corrected chi connectivity index (χ2v) is 5.88. The molecule has 0 aliphatic carbocycles. The van der Waals surface area contributed by atoms with Gasteiger partial charge in [0.05, 0.1) is 0 Å². The highest BCUT2D eigenvalue weighted by molar-refractivity contribution is 6.03. The van der Waals surface area contributed by atoms with E-state index in [1.807, 2.05) is 57.1 Å². The van der Waals surface area contributed by atoms with E-state index in [1.165, 1.54) is 0 Å². The summed E-state index contributed by atoms with van der Waals surface area (Å²) in [5.74, 6) is 0.962. The highest BCUT2D eigenvalue weighted by Crippen LogP contribution is 2.17. The fraction of sp³-hybridized carbons (Fsp3) is 0.353. The molecule has 122 valence electrons. The molecule has 1 aromatic heterocycles. The number of aryl methyl sites for hydroxylation is 1. The van der Waals surface area contributed by atoms with Crippen LogP contribution in [0.25, 0.3) is 0 Å². The van der Waals surface area contributed by atoms with Gasteiger partial charge in [-0.3, -0.25) is 4.79 Å². The summed E-state index contributed by atoms with van der Waals surface area (Å²) in [6.45, 7) is 5.81. The van der Waals surface area contributed by atoms with Gasteiger partial charge in [-0.15, -0.1) is 0 Å². The Morgan fingerprint density at radius 1 is 1.13 bits per heavy atom. The third kappa shape index (κ3) is 4.67. The fourth-order valence-corrected chi connectivity index (χ4v) is 2.09. The van der Waals surface area contributed by atoms with E-state index in [2.05, 4.69) is 20.6 Å². The lowest BCUT2D eigenvalue weighted by Gasteiger charge is -2.13. The predicted octanol–water partition coefficient (Wildman–Crippen LogP) is 2.92. The summed E-state index contributed by atoms with van der Waals surface area (Å²) in [5, 5.41) is 6.04. The minimum atomic E-state index is -0.250. The topological polar surface area (TPSA) is 70.2 Å². The first kappa shape index (κ1) is 16.7. The summed E-state index contributed by atoms with van der Waals surface area (Å²) in [6, 6.07) is 9.54. The molecule has 0 spiro atoms. The largest absolute Gasteiger partial charge is 0.378 e. The highest BCUT2D eigenvalue weighted by atomic mass is 16.1. The molecule has 6 nitrogen and oxygen atoms in total. The molecule has 0 radical (unpaired) electrons. The van der Waals surface area contributed by atoms with Crippen LogP contribution in [0.5, 0.6) is 0 Å². The molecule has 23 heavy (non-hydrogen) atoms. The third-order valence-corrected chi connectivity index (χ3v) is 3.15. The first-order chi connectivity index (χ1) is 10.8. The number of hydrogen-bond acceptors (Lipinski definition) is 5. The van der Waals surface area contributed by atoms with Gasteiger partial charge >= 0.3 is 0 Å². The zero-order valence-electron chi connectivity index (χ0n) is 14.2. The van der Waals surface area contributed by atoms with Gasteiger partial charge in [-0.05, 0) is 45.0 Å². The molecule has 1 aromatic carbocycles. The molecule has 1 heterocycles. The maximum atomic E-state index is 12.4. The molecule has 0 fully saturated rings.